The number of hydrogen-bond donors (Lipinski definition) is 8. The molecule has 0 aliphatic carbocycles. The van der Waals surface area contributed by atoms with E-state index in [1.807, 2.05) is 0 Å². The van der Waals surface area contributed by atoms with Crippen molar-refractivity contribution in [3.63, 3.8) is 0 Å². The molecular weight excluding hydrogens is 335 g/mol. The van der Waals surface area contributed by atoms with Crippen LogP contribution < -0.4 is 16.8 Å². The van der Waals surface area contributed by atoms with Crippen LogP contribution in [0.5, 0.6) is 0 Å². The number of hydrogen-bond acceptors (Lipinski definition) is 4. The fraction of sp³-hybridized carbons (Fsp3) is 0.667. The Morgan fingerprint density at radius 1 is 1.20 bits per heavy atom. The molecule has 0 spiro atoms. The highest BCUT2D eigenvalue weighted by atomic mass is 35.5. The average Bonchev–Trinajstić information content (AvgIpc) is 2.14. The second-order valence-electron chi connectivity index (χ2n) is 2.66. The second-order valence-corrected chi connectivity index (χ2v) is 3.68. The number of rotatable bonds is 3. The summed E-state index contributed by atoms with van der Waals surface area (Å²) < 4.78 is 17.4. The molecule has 0 atom stereocenters. The SMILES string of the molecule is CCCCN=C(N)NC(=N)N.Cl.O=[P+](O)O.O=[P+](O)O. The van der Waals surface area contributed by atoms with Crippen molar-refractivity contribution in [2.24, 2.45) is 16.5 Å². The number of nitrogens with zero attached hydrogens (tertiary/aromatic N) is 1. The van der Waals surface area contributed by atoms with Gasteiger partial charge >= 0.3 is 16.5 Å². The molecule has 0 rings (SSSR count). The van der Waals surface area contributed by atoms with Gasteiger partial charge in [0.1, 0.15) is 0 Å². The zero-order chi connectivity index (χ0) is 15.8. The first kappa shape index (κ1) is 27.4. The van der Waals surface area contributed by atoms with Crippen molar-refractivity contribution in [1.29, 1.82) is 5.41 Å². The van der Waals surface area contributed by atoms with Crippen molar-refractivity contribution in [1.82, 2.24) is 5.32 Å². The van der Waals surface area contributed by atoms with Gasteiger partial charge in [0.25, 0.3) is 0 Å². The van der Waals surface area contributed by atoms with Gasteiger partial charge in [-0.05, 0) is 6.42 Å². The maximum atomic E-state index is 8.70. The molecular formula is C6H20ClN5O6P2+2. The van der Waals surface area contributed by atoms with Gasteiger partial charge in [-0.2, -0.15) is 0 Å². The van der Waals surface area contributed by atoms with Crippen molar-refractivity contribution in [3.05, 3.63) is 0 Å². The van der Waals surface area contributed by atoms with E-state index in [-0.39, 0.29) is 24.3 Å². The Morgan fingerprint density at radius 3 is 1.80 bits per heavy atom. The molecule has 0 unspecified atom stereocenters. The summed E-state index contributed by atoms with van der Waals surface area (Å²) in [4.78, 5) is 32.4. The van der Waals surface area contributed by atoms with Crippen LogP contribution in [0.4, 0.5) is 0 Å². The first-order valence-electron chi connectivity index (χ1n) is 4.74. The molecule has 0 fully saturated rings. The zero-order valence-electron chi connectivity index (χ0n) is 10.6. The first-order valence-corrected chi connectivity index (χ1v) is 7.07. The Bertz CT molecular complexity index is 298. The fourth-order valence-corrected chi connectivity index (χ4v) is 0.535. The molecule has 0 aromatic heterocycles. The highest BCUT2D eigenvalue weighted by Gasteiger charge is 1.93. The number of guanidine groups is 2. The predicted molar refractivity (Wildman–Crippen MR) is 77.8 cm³/mol. The number of halogens is 1. The van der Waals surface area contributed by atoms with Crippen molar-refractivity contribution in [3.8, 4) is 0 Å². The monoisotopic (exact) mass is 355 g/mol. The molecule has 14 heteroatoms. The van der Waals surface area contributed by atoms with Gasteiger partial charge in [-0.3, -0.25) is 15.7 Å². The number of nitrogens with one attached hydrogen (secondary N) is 2. The van der Waals surface area contributed by atoms with Crippen LogP contribution in [0.15, 0.2) is 4.99 Å². The Balaban J connectivity index is -0.000000119. The van der Waals surface area contributed by atoms with Crippen molar-refractivity contribution < 1.29 is 28.7 Å². The highest BCUT2D eigenvalue weighted by Crippen LogP contribution is 1.98. The summed E-state index contributed by atoms with van der Waals surface area (Å²) in [6.45, 7) is 2.76. The quantitative estimate of drug-likeness (QED) is 0.138. The minimum absolute atomic E-state index is 0. The normalized spacial score (nSPS) is 8.75. The molecule has 0 amide bonds. The van der Waals surface area contributed by atoms with Crippen LogP contribution in [-0.2, 0) is 9.13 Å². The van der Waals surface area contributed by atoms with E-state index in [0.717, 1.165) is 12.8 Å². The number of unbranched alkanes of at least 4 members (excludes halogenated alkanes) is 1. The Morgan fingerprint density at radius 2 is 1.55 bits per heavy atom. The number of aliphatic imine (C=N–C) groups is 1. The van der Waals surface area contributed by atoms with E-state index in [9.17, 15) is 0 Å². The standard InChI is InChI=1S/C6H15N5.ClH.2HO3P/c1-2-3-4-10-6(9)11-5(7)8;;2*1-4(2)3/h2-4H2,1H3,(H6,7,8,9,10,11);1H;2*(H-,1,2,3)/p+2. The van der Waals surface area contributed by atoms with Crippen LogP contribution >= 0.6 is 28.9 Å². The van der Waals surface area contributed by atoms with Crippen LogP contribution in [0, 0.1) is 5.41 Å². The van der Waals surface area contributed by atoms with E-state index in [2.05, 4.69) is 17.2 Å². The summed E-state index contributed by atoms with van der Waals surface area (Å²) in [6, 6.07) is 0. The van der Waals surface area contributed by atoms with E-state index in [0.29, 0.717) is 6.54 Å². The molecule has 0 aromatic carbocycles. The van der Waals surface area contributed by atoms with E-state index >= 15 is 0 Å². The van der Waals surface area contributed by atoms with E-state index in [1.54, 1.807) is 0 Å². The molecule has 10 N–H and O–H groups in total. The highest BCUT2D eigenvalue weighted by molar-refractivity contribution is 7.31. The maximum Gasteiger partial charge on any atom is 0.692 e. The predicted octanol–water partition coefficient (Wildman–Crippen LogP) is -0.737. The van der Waals surface area contributed by atoms with Gasteiger partial charge in [0.05, 0.1) is 0 Å². The molecule has 0 aliphatic heterocycles. The lowest BCUT2D eigenvalue weighted by Gasteiger charge is -2.00. The van der Waals surface area contributed by atoms with Crippen molar-refractivity contribution in [2.45, 2.75) is 19.8 Å². The third kappa shape index (κ3) is 67.7. The fourth-order valence-electron chi connectivity index (χ4n) is 0.535. The molecule has 20 heavy (non-hydrogen) atoms. The molecule has 11 nitrogen and oxygen atoms in total. The Kier molecular flexibility index (Phi) is 28.0. The second kappa shape index (κ2) is 20.4. The molecule has 0 radical (unpaired) electrons. The van der Waals surface area contributed by atoms with Gasteiger partial charge in [0, 0.05) is 15.7 Å². The van der Waals surface area contributed by atoms with Crippen molar-refractivity contribution in [2.75, 3.05) is 6.54 Å². The average molecular weight is 356 g/mol. The largest absolute Gasteiger partial charge is 0.692 e. The lowest BCUT2D eigenvalue weighted by Crippen LogP contribution is -2.40. The molecule has 0 heterocycles. The van der Waals surface area contributed by atoms with Gasteiger partial charge in [-0.1, -0.05) is 13.3 Å². The van der Waals surface area contributed by atoms with E-state index in [1.165, 1.54) is 0 Å². The minimum atomic E-state index is -2.87. The molecule has 0 aliphatic rings. The van der Waals surface area contributed by atoms with Crippen LogP contribution in [-0.4, -0.2) is 38.0 Å². The molecule has 0 aromatic rings. The molecule has 0 saturated carbocycles. The third-order valence-electron chi connectivity index (χ3n) is 1.06. The summed E-state index contributed by atoms with van der Waals surface area (Å²) in [5.41, 5.74) is 10.3. The molecule has 120 valence electrons. The summed E-state index contributed by atoms with van der Waals surface area (Å²) in [6.07, 6.45) is 2.08. The first-order chi connectivity index (χ1) is 8.63. The summed E-state index contributed by atoms with van der Waals surface area (Å²) >= 11 is 0. The third-order valence-corrected chi connectivity index (χ3v) is 1.06. The topological polar surface area (TPSA) is 215 Å². The maximum absolute atomic E-state index is 8.70. The minimum Gasteiger partial charge on any atom is -0.370 e. The molecule has 0 saturated heterocycles. The van der Waals surface area contributed by atoms with Gasteiger partial charge in [-0.15, -0.1) is 32.0 Å². The van der Waals surface area contributed by atoms with Gasteiger partial charge in [0.15, 0.2) is 11.9 Å². The van der Waals surface area contributed by atoms with E-state index in [4.69, 9.17) is 45.6 Å². The zero-order valence-corrected chi connectivity index (χ0v) is 13.2. The smallest absolute Gasteiger partial charge is 0.370 e. The van der Waals surface area contributed by atoms with Crippen LogP contribution in [0.25, 0.3) is 0 Å². The van der Waals surface area contributed by atoms with Gasteiger partial charge in [0.2, 0.25) is 0 Å². The van der Waals surface area contributed by atoms with Gasteiger partial charge in [-0.25, -0.2) is 0 Å². The van der Waals surface area contributed by atoms with E-state index < -0.39 is 16.5 Å². The van der Waals surface area contributed by atoms with Crippen LogP contribution in [0.3, 0.4) is 0 Å². The van der Waals surface area contributed by atoms with Crippen LogP contribution in [0.2, 0.25) is 0 Å². The lowest BCUT2D eigenvalue weighted by atomic mass is 10.3. The van der Waals surface area contributed by atoms with Gasteiger partial charge < -0.3 is 11.5 Å². The number of nitrogens with two attached hydrogens (primary N) is 2. The van der Waals surface area contributed by atoms with Crippen molar-refractivity contribution >= 4 is 40.8 Å². The summed E-state index contributed by atoms with van der Waals surface area (Å²) in [5.74, 6) is 0.0358. The molecule has 0 bridgehead atoms. The Labute approximate surface area is 123 Å². The summed E-state index contributed by atoms with van der Waals surface area (Å²) in [5, 5.41) is 9.20. The summed E-state index contributed by atoms with van der Waals surface area (Å²) in [7, 11) is -5.74. The lowest BCUT2D eigenvalue weighted by molar-refractivity contribution is 0.403. The van der Waals surface area contributed by atoms with Crippen LogP contribution in [0.1, 0.15) is 19.8 Å². The Hall–Kier alpha value is -0.930.